The molecule has 21 heavy (non-hydrogen) atoms. The van der Waals surface area contributed by atoms with Crippen LogP contribution >= 0.6 is 0 Å². The summed E-state index contributed by atoms with van der Waals surface area (Å²) in [5.74, 6) is 0.683. The fourth-order valence-electron chi connectivity index (χ4n) is 2.82. The van der Waals surface area contributed by atoms with Crippen LogP contribution in [0.15, 0.2) is 35.0 Å². The van der Waals surface area contributed by atoms with Crippen LogP contribution in [-0.4, -0.2) is 32.9 Å². The molecule has 1 saturated carbocycles. The Balaban J connectivity index is 1.66. The van der Waals surface area contributed by atoms with Crippen LogP contribution < -0.4 is 5.32 Å². The van der Waals surface area contributed by atoms with E-state index in [1.165, 1.54) is 0 Å². The monoisotopic (exact) mass is 289 g/mol. The highest BCUT2D eigenvalue weighted by molar-refractivity contribution is 5.92. The number of aliphatic hydroxyl groups is 1. The van der Waals surface area contributed by atoms with E-state index >= 15 is 0 Å². The number of carbonyl (C=O) groups is 1. The zero-order chi connectivity index (χ0) is 14.7. The lowest BCUT2D eigenvalue weighted by molar-refractivity contribution is 0.0808. The quantitative estimate of drug-likeness (QED) is 0.875. The largest absolute Gasteiger partial charge is 0.454 e. The lowest BCUT2D eigenvalue weighted by atomic mass is 9.99. The van der Waals surface area contributed by atoms with Gasteiger partial charge >= 0.3 is 0 Å². The standard InChI is InChI=1S/C15H19N3O3/c19-11-15(6-1-2-7-15)17-14(20)13-5-4-12(21-13)10-18-9-3-8-16-18/h3-5,8-9,19H,1-2,6-7,10-11H2,(H,17,20). The maximum Gasteiger partial charge on any atom is 0.287 e. The molecule has 1 fully saturated rings. The summed E-state index contributed by atoms with van der Waals surface area (Å²) in [6, 6.07) is 5.27. The summed E-state index contributed by atoms with van der Waals surface area (Å²) < 4.78 is 7.29. The molecule has 1 amide bonds. The maximum absolute atomic E-state index is 12.2. The number of nitrogens with one attached hydrogen (secondary N) is 1. The van der Waals surface area contributed by atoms with Crippen molar-refractivity contribution in [3.63, 3.8) is 0 Å². The summed E-state index contributed by atoms with van der Waals surface area (Å²) in [5, 5.41) is 16.6. The normalized spacial score (nSPS) is 17.0. The summed E-state index contributed by atoms with van der Waals surface area (Å²) in [6.07, 6.45) is 7.22. The topological polar surface area (TPSA) is 80.3 Å². The number of hydrogen-bond acceptors (Lipinski definition) is 4. The van der Waals surface area contributed by atoms with E-state index in [9.17, 15) is 9.90 Å². The lowest BCUT2D eigenvalue weighted by Gasteiger charge is -2.27. The molecule has 2 aromatic heterocycles. The van der Waals surface area contributed by atoms with E-state index in [4.69, 9.17) is 4.42 Å². The van der Waals surface area contributed by atoms with Gasteiger partial charge in [-0.15, -0.1) is 0 Å². The van der Waals surface area contributed by atoms with Crippen LogP contribution in [0.2, 0.25) is 0 Å². The van der Waals surface area contributed by atoms with E-state index in [-0.39, 0.29) is 18.3 Å². The van der Waals surface area contributed by atoms with Crippen molar-refractivity contribution >= 4 is 5.91 Å². The summed E-state index contributed by atoms with van der Waals surface area (Å²) in [6.45, 7) is 0.463. The number of rotatable bonds is 5. The Hall–Kier alpha value is -2.08. The minimum atomic E-state index is -0.480. The van der Waals surface area contributed by atoms with Crippen molar-refractivity contribution in [2.75, 3.05) is 6.61 Å². The Labute approximate surface area is 122 Å². The molecule has 2 N–H and O–H groups in total. The second-order valence-electron chi connectivity index (χ2n) is 5.57. The first-order valence-corrected chi connectivity index (χ1v) is 7.20. The average Bonchev–Trinajstić information content (AvgIpc) is 3.20. The molecule has 3 rings (SSSR count). The second kappa shape index (κ2) is 5.73. The maximum atomic E-state index is 12.2. The van der Waals surface area contributed by atoms with Gasteiger partial charge in [-0.05, 0) is 31.0 Å². The third kappa shape index (κ3) is 3.00. The van der Waals surface area contributed by atoms with Crippen LogP contribution in [0.5, 0.6) is 0 Å². The van der Waals surface area contributed by atoms with Crippen molar-refractivity contribution < 1.29 is 14.3 Å². The molecule has 6 heteroatoms. The van der Waals surface area contributed by atoms with Gasteiger partial charge in [0.2, 0.25) is 0 Å². The van der Waals surface area contributed by atoms with Crippen LogP contribution in [0, 0.1) is 0 Å². The Kier molecular flexibility index (Phi) is 3.79. The van der Waals surface area contributed by atoms with Crippen LogP contribution in [-0.2, 0) is 6.54 Å². The van der Waals surface area contributed by atoms with Crippen molar-refractivity contribution in [3.05, 3.63) is 42.1 Å². The van der Waals surface area contributed by atoms with Gasteiger partial charge in [0.1, 0.15) is 5.76 Å². The van der Waals surface area contributed by atoms with Gasteiger partial charge in [-0.25, -0.2) is 0 Å². The van der Waals surface area contributed by atoms with Crippen LogP contribution in [0.25, 0.3) is 0 Å². The molecule has 0 saturated heterocycles. The van der Waals surface area contributed by atoms with E-state index in [2.05, 4.69) is 10.4 Å². The first-order chi connectivity index (χ1) is 10.2. The smallest absolute Gasteiger partial charge is 0.287 e. The van der Waals surface area contributed by atoms with E-state index < -0.39 is 5.54 Å². The number of hydrogen-bond donors (Lipinski definition) is 2. The molecule has 1 aliphatic rings. The molecule has 0 spiro atoms. The Morgan fingerprint density at radius 1 is 1.43 bits per heavy atom. The molecule has 1 aliphatic carbocycles. The van der Waals surface area contributed by atoms with Gasteiger partial charge in [0.05, 0.1) is 18.7 Å². The summed E-state index contributed by atoms with van der Waals surface area (Å²) >= 11 is 0. The molecule has 6 nitrogen and oxygen atoms in total. The molecule has 2 heterocycles. The highest BCUT2D eigenvalue weighted by atomic mass is 16.4. The molecule has 112 valence electrons. The predicted molar refractivity (Wildman–Crippen MR) is 75.8 cm³/mol. The molecule has 0 aromatic carbocycles. The molecular weight excluding hydrogens is 270 g/mol. The first kappa shape index (κ1) is 13.9. The Morgan fingerprint density at radius 2 is 2.24 bits per heavy atom. The third-order valence-corrected chi connectivity index (χ3v) is 4.00. The van der Waals surface area contributed by atoms with Crippen molar-refractivity contribution in [2.24, 2.45) is 0 Å². The summed E-state index contributed by atoms with van der Waals surface area (Å²) in [7, 11) is 0. The van der Waals surface area contributed by atoms with Gasteiger partial charge in [-0.2, -0.15) is 5.10 Å². The zero-order valence-electron chi connectivity index (χ0n) is 11.8. The number of aliphatic hydroxyl groups excluding tert-OH is 1. The second-order valence-corrected chi connectivity index (χ2v) is 5.57. The molecule has 0 aliphatic heterocycles. The third-order valence-electron chi connectivity index (χ3n) is 4.00. The Bertz CT molecular complexity index is 597. The zero-order valence-corrected chi connectivity index (χ0v) is 11.8. The van der Waals surface area contributed by atoms with Crippen LogP contribution in [0.1, 0.15) is 42.0 Å². The van der Waals surface area contributed by atoms with Gasteiger partial charge in [0.25, 0.3) is 5.91 Å². The van der Waals surface area contributed by atoms with Gasteiger partial charge < -0.3 is 14.8 Å². The minimum Gasteiger partial charge on any atom is -0.454 e. The SMILES string of the molecule is O=C(NC1(CO)CCCC1)c1ccc(Cn2cccn2)o1. The number of nitrogens with zero attached hydrogens (tertiary/aromatic N) is 2. The van der Waals surface area contributed by atoms with E-state index in [1.807, 2.05) is 12.3 Å². The van der Waals surface area contributed by atoms with Crippen molar-refractivity contribution in [1.82, 2.24) is 15.1 Å². The molecule has 2 aromatic rings. The minimum absolute atomic E-state index is 0.0282. The fourth-order valence-corrected chi connectivity index (χ4v) is 2.82. The molecular formula is C15H19N3O3. The van der Waals surface area contributed by atoms with Crippen LogP contribution in [0.4, 0.5) is 0 Å². The van der Waals surface area contributed by atoms with E-state index in [1.54, 1.807) is 23.0 Å². The number of aromatic nitrogens is 2. The number of carbonyl (C=O) groups excluding carboxylic acids is 1. The van der Waals surface area contributed by atoms with Crippen LogP contribution in [0.3, 0.4) is 0 Å². The molecule has 0 unspecified atom stereocenters. The highest BCUT2D eigenvalue weighted by Gasteiger charge is 2.35. The van der Waals surface area contributed by atoms with Gasteiger partial charge in [-0.3, -0.25) is 9.48 Å². The van der Waals surface area contributed by atoms with E-state index in [0.717, 1.165) is 25.7 Å². The highest BCUT2D eigenvalue weighted by Crippen LogP contribution is 2.29. The average molecular weight is 289 g/mol. The fraction of sp³-hybridized carbons (Fsp3) is 0.467. The summed E-state index contributed by atoms with van der Waals surface area (Å²) in [5.41, 5.74) is -0.480. The molecule has 0 radical (unpaired) electrons. The number of amides is 1. The van der Waals surface area contributed by atoms with E-state index in [0.29, 0.717) is 12.3 Å². The van der Waals surface area contributed by atoms with Gasteiger partial charge in [0, 0.05) is 12.4 Å². The van der Waals surface area contributed by atoms with Gasteiger partial charge in [0.15, 0.2) is 5.76 Å². The van der Waals surface area contributed by atoms with Crippen molar-refractivity contribution in [1.29, 1.82) is 0 Å². The first-order valence-electron chi connectivity index (χ1n) is 7.20. The molecule has 0 bridgehead atoms. The number of furan rings is 1. The lowest BCUT2D eigenvalue weighted by Crippen LogP contribution is -2.49. The van der Waals surface area contributed by atoms with Crippen molar-refractivity contribution in [3.8, 4) is 0 Å². The predicted octanol–water partition coefficient (Wildman–Crippen LogP) is 1.56. The van der Waals surface area contributed by atoms with Gasteiger partial charge in [-0.1, -0.05) is 12.8 Å². The molecule has 0 atom stereocenters. The van der Waals surface area contributed by atoms with Crippen molar-refractivity contribution in [2.45, 2.75) is 37.8 Å². The Morgan fingerprint density at radius 3 is 2.90 bits per heavy atom. The summed E-state index contributed by atoms with van der Waals surface area (Å²) in [4.78, 5) is 12.2.